The van der Waals surface area contributed by atoms with Gasteiger partial charge in [-0.3, -0.25) is 0 Å². The van der Waals surface area contributed by atoms with Crippen LogP contribution in [0.15, 0.2) is 212 Å². The maximum absolute atomic E-state index is 6.17. The average molecular weight is 786 g/mol. The van der Waals surface area contributed by atoms with Crippen molar-refractivity contribution in [3.8, 4) is 39.1 Å². The summed E-state index contributed by atoms with van der Waals surface area (Å²) in [5.74, 6) is 0.917. The molecule has 0 aromatic heterocycles. The van der Waals surface area contributed by atoms with Gasteiger partial charge in [0.1, 0.15) is 5.75 Å². The van der Waals surface area contributed by atoms with E-state index in [-0.39, 0.29) is 0 Å². The zero-order chi connectivity index (χ0) is 40.1. The van der Waals surface area contributed by atoms with Gasteiger partial charge in [0.15, 0.2) is 0 Å². The van der Waals surface area contributed by atoms with E-state index in [1.807, 2.05) is 0 Å². The van der Waals surface area contributed by atoms with E-state index in [0.29, 0.717) is 0 Å². The summed E-state index contributed by atoms with van der Waals surface area (Å²) in [6.45, 7) is 3.02. The third kappa shape index (κ3) is 10.1. The molecule has 0 saturated carbocycles. The fourth-order valence-electron chi connectivity index (χ4n) is 7.71. The minimum Gasteiger partial charge on any atom is -0.494 e. The fourth-order valence-corrected chi connectivity index (χ4v) is 9.97. The molecule has 2 nitrogen and oxygen atoms in total. The molecule has 1 unspecified atom stereocenters. The third-order valence-electron chi connectivity index (χ3n) is 10.9. The summed E-state index contributed by atoms with van der Waals surface area (Å²) < 4.78 is 6.17. The predicted octanol–water partition coefficient (Wildman–Crippen LogP) is 14.7. The maximum Gasteiger partial charge on any atom is 0.119 e. The van der Waals surface area contributed by atoms with Crippen LogP contribution in [0.1, 0.15) is 45.4 Å². The second kappa shape index (κ2) is 20.0. The van der Waals surface area contributed by atoms with Crippen molar-refractivity contribution >= 4 is 40.9 Å². The number of hydrogen-bond donors (Lipinski definition) is 0. The van der Waals surface area contributed by atoms with Gasteiger partial charge in [-0.1, -0.05) is 203 Å². The van der Waals surface area contributed by atoms with Gasteiger partial charge in [-0.15, -0.1) is 0 Å². The molecule has 8 aromatic rings. The van der Waals surface area contributed by atoms with Crippen molar-refractivity contribution in [2.24, 2.45) is 0 Å². The summed E-state index contributed by atoms with van der Waals surface area (Å²) in [6, 6.07) is 76.9. The van der Waals surface area contributed by atoms with Gasteiger partial charge >= 0.3 is 0 Å². The molecule has 0 spiro atoms. The Hall–Kier alpha value is -6.21. The van der Waals surface area contributed by atoms with Gasteiger partial charge in [0.05, 0.1) is 6.61 Å². The topological polar surface area (TPSA) is 12.5 Å². The number of nitrogens with zero attached hydrogens (tertiary/aromatic N) is 1. The molecular formula is C56H52NOP. The first-order chi connectivity index (χ1) is 29.2. The molecule has 0 aliphatic rings. The molecule has 59 heavy (non-hydrogen) atoms. The van der Waals surface area contributed by atoms with E-state index in [0.717, 1.165) is 35.8 Å². The van der Waals surface area contributed by atoms with Crippen molar-refractivity contribution in [2.45, 2.75) is 45.4 Å². The first-order valence-corrected chi connectivity index (χ1v) is 22.5. The first kappa shape index (κ1) is 39.6. The molecule has 0 bridgehead atoms. The van der Waals surface area contributed by atoms with E-state index in [1.165, 1.54) is 81.4 Å². The van der Waals surface area contributed by atoms with Crippen LogP contribution in [-0.2, 0) is 0 Å². The Morgan fingerprint density at radius 1 is 0.339 bits per heavy atom. The van der Waals surface area contributed by atoms with E-state index < -0.39 is 7.92 Å². The van der Waals surface area contributed by atoms with Gasteiger partial charge in [0, 0.05) is 17.1 Å². The Balaban J connectivity index is 1.03. The summed E-state index contributed by atoms with van der Waals surface area (Å²) in [6.07, 6.45) is 7.53. The molecular weight excluding hydrogens is 734 g/mol. The number of benzene rings is 8. The number of hydrogen-bond acceptors (Lipinski definition) is 2. The van der Waals surface area contributed by atoms with E-state index in [9.17, 15) is 0 Å². The SMILES string of the molecule is CCCCCCCCOc1ccc(N(c2ccc(-c3ccccc3)cc2)c2ccc(-c3ccc(P(c4ccccc4)c4ccc(-c5ccccc5)cc4)cc3)cc2)cc1. The summed E-state index contributed by atoms with van der Waals surface area (Å²) >= 11 is 0. The zero-order valence-electron chi connectivity index (χ0n) is 34.0. The van der Waals surface area contributed by atoms with Gasteiger partial charge in [-0.25, -0.2) is 0 Å². The largest absolute Gasteiger partial charge is 0.494 e. The molecule has 292 valence electrons. The van der Waals surface area contributed by atoms with Crippen molar-refractivity contribution in [2.75, 3.05) is 11.5 Å². The summed E-state index contributed by atoms with van der Waals surface area (Å²) in [5.41, 5.74) is 10.6. The lowest BCUT2D eigenvalue weighted by molar-refractivity contribution is 0.304. The zero-order valence-corrected chi connectivity index (χ0v) is 34.9. The normalized spacial score (nSPS) is 11.5. The van der Waals surface area contributed by atoms with Crippen molar-refractivity contribution in [1.29, 1.82) is 0 Å². The Kier molecular flexibility index (Phi) is 13.4. The number of anilines is 3. The van der Waals surface area contributed by atoms with Crippen molar-refractivity contribution in [3.05, 3.63) is 212 Å². The smallest absolute Gasteiger partial charge is 0.119 e. The predicted molar refractivity (Wildman–Crippen MR) is 255 cm³/mol. The van der Waals surface area contributed by atoms with Crippen LogP contribution < -0.4 is 25.6 Å². The quantitative estimate of drug-likeness (QED) is 0.0673. The molecule has 8 rings (SSSR count). The minimum atomic E-state index is -0.717. The second-order valence-corrected chi connectivity index (χ2v) is 17.3. The Labute approximate surface area is 352 Å². The molecule has 0 aliphatic carbocycles. The third-order valence-corrected chi connectivity index (χ3v) is 13.4. The highest BCUT2D eigenvalue weighted by Gasteiger charge is 2.18. The molecule has 0 aliphatic heterocycles. The number of unbranched alkanes of at least 4 members (excludes halogenated alkanes) is 5. The fraction of sp³-hybridized carbons (Fsp3) is 0.143. The van der Waals surface area contributed by atoms with Crippen LogP contribution >= 0.6 is 7.92 Å². The molecule has 0 amide bonds. The Morgan fingerprint density at radius 2 is 0.678 bits per heavy atom. The lowest BCUT2D eigenvalue weighted by Gasteiger charge is -2.26. The molecule has 1 atom stereocenters. The van der Waals surface area contributed by atoms with Crippen molar-refractivity contribution < 1.29 is 4.74 Å². The lowest BCUT2D eigenvalue weighted by atomic mass is 10.0. The maximum atomic E-state index is 6.17. The van der Waals surface area contributed by atoms with Gasteiger partial charge in [0.2, 0.25) is 0 Å². The standard InChI is InChI=1S/C56H52NOP/c1-2-3-4-5-6-16-43-58-53-37-35-52(36-38-53)57(50-31-23-46(24-32-50)44-17-10-7-11-18-44)51-33-25-47(26-34-51)49-29-41-56(42-30-49)59(54-21-14-9-15-22-54)55-39-27-48(28-40-55)45-19-12-8-13-20-45/h7-15,17-42H,2-6,16,43H2,1H3. The molecule has 0 heterocycles. The van der Waals surface area contributed by atoms with Crippen LogP contribution in [0.25, 0.3) is 33.4 Å². The van der Waals surface area contributed by atoms with Gasteiger partial charge in [0.25, 0.3) is 0 Å². The molecule has 0 radical (unpaired) electrons. The Morgan fingerprint density at radius 3 is 1.12 bits per heavy atom. The second-order valence-electron chi connectivity index (χ2n) is 15.0. The molecule has 0 fully saturated rings. The van der Waals surface area contributed by atoms with Crippen LogP contribution in [0, 0.1) is 0 Å². The van der Waals surface area contributed by atoms with Gasteiger partial charge in [-0.05, 0) is 112 Å². The summed E-state index contributed by atoms with van der Waals surface area (Å²) in [7, 11) is -0.717. The summed E-state index contributed by atoms with van der Waals surface area (Å²) in [4.78, 5) is 2.33. The number of ether oxygens (including phenoxy) is 1. The highest BCUT2D eigenvalue weighted by molar-refractivity contribution is 7.79. The van der Waals surface area contributed by atoms with E-state index in [4.69, 9.17) is 4.74 Å². The number of rotatable bonds is 17. The molecule has 8 aromatic carbocycles. The Bertz CT molecular complexity index is 2450. The van der Waals surface area contributed by atoms with Crippen LogP contribution in [0.5, 0.6) is 5.75 Å². The highest BCUT2D eigenvalue weighted by atomic mass is 31.1. The molecule has 3 heteroatoms. The van der Waals surface area contributed by atoms with Crippen LogP contribution in [0.4, 0.5) is 17.1 Å². The molecule has 0 saturated heterocycles. The van der Waals surface area contributed by atoms with Gasteiger partial charge < -0.3 is 9.64 Å². The highest BCUT2D eigenvalue weighted by Crippen LogP contribution is 2.38. The minimum absolute atomic E-state index is 0.717. The van der Waals surface area contributed by atoms with Crippen molar-refractivity contribution in [1.82, 2.24) is 0 Å². The van der Waals surface area contributed by atoms with Crippen LogP contribution in [-0.4, -0.2) is 6.61 Å². The summed E-state index contributed by atoms with van der Waals surface area (Å²) in [5, 5.41) is 4.03. The monoisotopic (exact) mass is 785 g/mol. The van der Waals surface area contributed by atoms with Gasteiger partial charge in [-0.2, -0.15) is 0 Å². The average Bonchev–Trinajstić information content (AvgIpc) is 3.31. The first-order valence-electron chi connectivity index (χ1n) is 21.1. The van der Waals surface area contributed by atoms with Crippen LogP contribution in [0.3, 0.4) is 0 Å². The lowest BCUT2D eigenvalue weighted by Crippen LogP contribution is -2.20. The van der Waals surface area contributed by atoms with Crippen LogP contribution in [0.2, 0.25) is 0 Å². The van der Waals surface area contributed by atoms with Crippen molar-refractivity contribution in [3.63, 3.8) is 0 Å². The van der Waals surface area contributed by atoms with E-state index >= 15 is 0 Å². The van der Waals surface area contributed by atoms with E-state index in [2.05, 4.69) is 224 Å². The molecule has 0 N–H and O–H groups in total. The van der Waals surface area contributed by atoms with E-state index in [1.54, 1.807) is 0 Å².